The zero-order valence-corrected chi connectivity index (χ0v) is 13.2. The number of anilines is 1. The zero-order valence-electron chi connectivity index (χ0n) is 11.7. The van der Waals surface area contributed by atoms with Crippen LogP contribution in [0.4, 0.5) is 5.82 Å². The summed E-state index contributed by atoms with van der Waals surface area (Å²) in [7, 11) is -1.97. The van der Waals surface area contributed by atoms with E-state index in [1.807, 2.05) is 6.07 Å². The molecule has 1 aromatic heterocycles. The fraction of sp³-hybridized carbons (Fsp3) is 0.214. The molecule has 0 aliphatic carbocycles. The van der Waals surface area contributed by atoms with E-state index in [0.29, 0.717) is 10.8 Å². The summed E-state index contributed by atoms with van der Waals surface area (Å²) < 4.78 is 27.4. The molecule has 1 atom stereocenters. The molecule has 0 bridgehead atoms. The Balaban J connectivity index is 2.27. The minimum absolute atomic E-state index is 0.153. The van der Waals surface area contributed by atoms with Crippen LogP contribution in [0, 0.1) is 0 Å². The first-order valence-corrected chi connectivity index (χ1v) is 8.20. The SMILES string of the molecule is CNc1cc(S(=O)(=O)NC(C)c2ccccc2Cl)ccn1. The van der Waals surface area contributed by atoms with Crippen molar-refractivity contribution in [3.8, 4) is 0 Å². The lowest BCUT2D eigenvalue weighted by Crippen LogP contribution is -2.27. The van der Waals surface area contributed by atoms with Crippen LogP contribution in [0.1, 0.15) is 18.5 Å². The van der Waals surface area contributed by atoms with Gasteiger partial charge in [-0.05, 0) is 24.6 Å². The Kier molecular flexibility index (Phi) is 4.82. The third-order valence-electron chi connectivity index (χ3n) is 3.00. The maximum absolute atomic E-state index is 12.4. The van der Waals surface area contributed by atoms with Crippen LogP contribution in [-0.4, -0.2) is 20.4 Å². The number of nitrogens with one attached hydrogen (secondary N) is 2. The first-order chi connectivity index (χ1) is 9.94. The first-order valence-electron chi connectivity index (χ1n) is 6.34. The summed E-state index contributed by atoms with van der Waals surface area (Å²) in [5.74, 6) is 0.489. The lowest BCUT2D eigenvalue weighted by molar-refractivity contribution is 0.567. The predicted octanol–water partition coefficient (Wildman–Crippen LogP) is 2.82. The molecule has 1 unspecified atom stereocenters. The van der Waals surface area contributed by atoms with Gasteiger partial charge in [0.2, 0.25) is 10.0 Å². The lowest BCUT2D eigenvalue weighted by atomic mass is 10.1. The number of halogens is 1. The Morgan fingerprint density at radius 2 is 1.95 bits per heavy atom. The van der Waals surface area contributed by atoms with Crippen LogP contribution >= 0.6 is 11.6 Å². The van der Waals surface area contributed by atoms with Crippen LogP contribution in [0.25, 0.3) is 0 Å². The summed E-state index contributed by atoms with van der Waals surface area (Å²) in [6, 6.07) is 9.63. The molecular formula is C14H16ClN3O2S. The second kappa shape index (κ2) is 6.43. The number of rotatable bonds is 5. The van der Waals surface area contributed by atoms with Crippen LogP contribution in [0.15, 0.2) is 47.5 Å². The van der Waals surface area contributed by atoms with Gasteiger partial charge in [0.1, 0.15) is 5.82 Å². The van der Waals surface area contributed by atoms with Gasteiger partial charge < -0.3 is 5.32 Å². The number of benzene rings is 1. The second-order valence-electron chi connectivity index (χ2n) is 4.49. The van der Waals surface area contributed by atoms with Gasteiger partial charge in [0.25, 0.3) is 0 Å². The number of hydrogen-bond donors (Lipinski definition) is 2. The predicted molar refractivity (Wildman–Crippen MR) is 84.0 cm³/mol. The highest BCUT2D eigenvalue weighted by Crippen LogP contribution is 2.24. The van der Waals surface area contributed by atoms with E-state index in [1.54, 1.807) is 32.2 Å². The standard InChI is InChI=1S/C14H16ClN3O2S/c1-10(12-5-3-4-6-13(12)15)18-21(19,20)11-7-8-17-14(9-11)16-2/h3-10,18H,1-2H3,(H,16,17). The molecule has 21 heavy (non-hydrogen) atoms. The average molecular weight is 326 g/mol. The summed E-state index contributed by atoms with van der Waals surface area (Å²) in [5.41, 5.74) is 0.727. The number of nitrogens with zero attached hydrogens (tertiary/aromatic N) is 1. The number of aromatic nitrogens is 1. The highest BCUT2D eigenvalue weighted by atomic mass is 35.5. The summed E-state index contributed by atoms with van der Waals surface area (Å²) in [6.07, 6.45) is 1.44. The van der Waals surface area contributed by atoms with Crippen LogP contribution in [0.3, 0.4) is 0 Å². The fourth-order valence-electron chi connectivity index (χ4n) is 1.91. The van der Waals surface area contributed by atoms with E-state index in [0.717, 1.165) is 5.56 Å². The third kappa shape index (κ3) is 3.72. The van der Waals surface area contributed by atoms with E-state index in [-0.39, 0.29) is 4.90 Å². The minimum atomic E-state index is -3.65. The van der Waals surface area contributed by atoms with Crippen LogP contribution in [-0.2, 0) is 10.0 Å². The van der Waals surface area contributed by atoms with Gasteiger partial charge in [-0.25, -0.2) is 18.1 Å². The largest absolute Gasteiger partial charge is 0.373 e. The van der Waals surface area contributed by atoms with Gasteiger partial charge in [-0.2, -0.15) is 0 Å². The van der Waals surface area contributed by atoms with E-state index in [9.17, 15) is 8.42 Å². The second-order valence-corrected chi connectivity index (χ2v) is 6.61. The van der Waals surface area contributed by atoms with Crippen LogP contribution in [0.5, 0.6) is 0 Å². The number of sulfonamides is 1. The van der Waals surface area contributed by atoms with Crippen molar-refractivity contribution in [2.75, 3.05) is 12.4 Å². The number of hydrogen-bond acceptors (Lipinski definition) is 4. The van der Waals surface area contributed by atoms with E-state index in [4.69, 9.17) is 11.6 Å². The van der Waals surface area contributed by atoms with Gasteiger partial charge in [0.15, 0.2) is 0 Å². The molecule has 112 valence electrons. The molecule has 0 saturated heterocycles. The van der Waals surface area contributed by atoms with Crippen LogP contribution < -0.4 is 10.0 Å². The smallest absolute Gasteiger partial charge is 0.241 e. The maximum Gasteiger partial charge on any atom is 0.241 e. The van der Waals surface area contributed by atoms with Crippen molar-refractivity contribution in [2.24, 2.45) is 0 Å². The molecule has 0 saturated carbocycles. The van der Waals surface area contributed by atoms with Crippen LogP contribution in [0.2, 0.25) is 5.02 Å². The van der Waals surface area contributed by atoms with Gasteiger partial charge in [-0.15, -0.1) is 0 Å². The topological polar surface area (TPSA) is 71.1 Å². The molecule has 2 aromatic rings. The molecule has 0 radical (unpaired) electrons. The quantitative estimate of drug-likeness (QED) is 0.886. The first kappa shape index (κ1) is 15.8. The van der Waals surface area contributed by atoms with Gasteiger partial charge in [0, 0.05) is 30.4 Å². The third-order valence-corrected chi connectivity index (χ3v) is 4.88. The zero-order chi connectivity index (χ0) is 15.5. The molecule has 2 rings (SSSR count). The Morgan fingerprint density at radius 3 is 2.62 bits per heavy atom. The molecule has 7 heteroatoms. The van der Waals surface area contributed by atoms with E-state index < -0.39 is 16.1 Å². The lowest BCUT2D eigenvalue weighted by Gasteiger charge is -2.16. The molecule has 0 aliphatic rings. The molecular weight excluding hydrogens is 310 g/mol. The highest BCUT2D eigenvalue weighted by Gasteiger charge is 2.20. The Bertz CT molecular complexity index is 735. The van der Waals surface area contributed by atoms with E-state index >= 15 is 0 Å². The molecule has 1 heterocycles. The molecule has 1 aromatic carbocycles. The van der Waals surface area contributed by atoms with Crippen molar-refractivity contribution in [2.45, 2.75) is 17.9 Å². The fourth-order valence-corrected chi connectivity index (χ4v) is 3.44. The van der Waals surface area contributed by atoms with Gasteiger partial charge in [-0.3, -0.25) is 0 Å². The van der Waals surface area contributed by atoms with Crippen molar-refractivity contribution in [1.29, 1.82) is 0 Å². The molecule has 5 nitrogen and oxygen atoms in total. The summed E-state index contributed by atoms with van der Waals surface area (Å²) >= 11 is 6.09. The Morgan fingerprint density at radius 1 is 1.24 bits per heavy atom. The van der Waals surface area contributed by atoms with E-state index in [2.05, 4.69) is 15.0 Å². The van der Waals surface area contributed by atoms with Crippen molar-refractivity contribution >= 4 is 27.4 Å². The molecule has 0 fully saturated rings. The highest BCUT2D eigenvalue weighted by molar-refractivity contribution is 7.89. The molecule has 0 spiro atoms. The minimum Gasteiger partial charge on any atom is -0.373 e. The monoisotopic (exact) mass is 325 g/mol. The van der Waals surface area contributed by atoms with E-state index in [1.165, 1.54) is 18.3 Å². The van der Waals surface area contributed by atoms with Gasteiger partial charge >= 0.3 is 0 Å². The van der Waals surface area contributed by atoms with Crippen molar-refractivity contribution in [3.05, 3.63) is 53.2 Å². The van der Waals surface area contributed by atoms with Gasteiger partial charge in [-0.1, -0.05) is 29.8 Å². The summed E-state index contributed by atoms with van der Waals surface area (Å²) in [6.45, 7) is 1.75. The summed E-state index contributed by atoms with van der Waals surface area (Å²) in [5, 5.41) is 3.34. The maximum atomic E-state index is 12.4. The van der Waals surface area contributed by atoms with Gasteiger partial charge in [0.05, 0.1) is 4.90 Å². The van der Waals surface area contributed by atoms with Crippen molar-refractivity contribution in [1.82, 2.24) is 9.71 Å². The number of pyridine rings is 1. The molecule has 0 amide bonds. The normalized spacial score (nSPS) is 12.9. The average Bonchev–Trinajstić information content (AvgIpc) is 2.47. The molecule has 0 aliphatic heterocycles. The summed E-state index contributed by atoms with van der Waals surface area (Å²) in [4.78, 5) is 4.15. The Hall–Kier alpha value is -1.63. The van der Waals surface area contributed by atoms with Crippen molar-refractivity contribution < 1.29 is 8.42 Å². The Labute approximate surface area is 129 Å². The van der Waals surface area contributed by atoms with Crippen molar-refractivity contribution in [3.63, 3.8) is 0 Å². The molecule has 2 N–H and O–H groups in total.